The smallest absolute Gasteiger partial charge is 0.354 e. The van der Waals surface area contributed by atoms with Crippen LogP contribution in [0, 0.1) is 0 Å². The van der Waals surface area contributed by atoms with E-state index in [0.717, 1.165) is 5.56 Å². The molecule has 1 aromatic carbocycles. The van der Waals surface area contributed by atoms with Crippen molar-refractivity contribution in [1.82, 2.24) is 10.3 Å². The van der Waals surface area contributed by atoms with Gasteiger partial charge >= 0.3 is 5.97 Å². The molecular formula is C15H14N2O4. The Labute approximate surface area is 121 Å². The van der Waals surface area contributed by atoms with Crippen LogP contribution in [0.15, 0.2) is 42.6 Å². The number of aromatic nitrogens is 1. The van der Waals surface area contributed by atoms with Crippen LogP contribution in [0.5, 0.6) is 5.75 Å². The lowest BCUT2D eigenvalue weighted by atomic mass is 10.2. The molecular weight excluding hydrogens is 272 g/mol. The highest BCUT2D eigenvalue weighted by Crippen LogP contribution is 2.16. The maximum absolute atomic E-state index is 12.0. The van der Waals surface area contributed by atoms with E-state index in [1.54, 1.807) is 7.11 Å². The van der Waals surface area contributed by atoms with Crippen molar-refractivity contribution in [3.05, 3.63) is 59.4 Å². The van der Waals surface area contributed by atoms with Gasteiger partial charge in [-0.1, -0.05) is 18.2 Å². The number of carbonyl (C=O) groups is 2. The van der Waals surface area contributed by atoms with Crippen LogP contribution in [0.4, 0.5) is 0 Å². The normalized spacial score (nSPS) is 9.95. The maximum atomic E-state index is 12.0. The van der Waals surface area contributed by atoms with E-state index in [1.807, 2.05) is 24.3 Å². The van der Waals surface area contributed by atoms with Gasteiger partial charge < -0.3 is 15.2 Å². The van der Waals surface area contributed by atoms with Crippen molar-refractivity contribution in [2.45, 2.75) is 6.54 Å². The van der Waals surface area contributed by atoms with Crippen LogP contribution in [0.25, 0.3) is 0 Å². The number of para-hydroxylation sites is 1. The number of methoxy groups -OCH3 is 1. The topological polar surface area (TPSA) is 88.5 Å². The molecule has 6 nitrogen and oxygen atoms in total. The average Bonchev–Trinajstić information content (AvgIpc) is 2.52. The van der Waals surface area contributed by atoms with Crippen molar-refractivity contribution in [3.63, 3.8) is 0 Å². The van der Waals surface area contributed by atoms with Gasteiger partial charge in [-0.25, -0.2) is 9.78 Å². The first kappa shape index (κ1) is 14.5. The predicted octanol–water partition coefficient (Wildman–Crippen LogP) is 1.72. The number of amides is 1. The highest BCUT2D eigenvalue weighted by molar-refractivity contribution is 5.94. The molecule has 108 valence electrons. The Morgan fingerprint density at radius 1 is 1.24 bits per heavy atom. The third-order valence-electron chi connectivity index (χ3n) is 2.88. The number of benzene rings is 1. The lowest BCUT2D eigenvalue weighted by Crippen LogP contribution is -2.23. The number of carboxylic acid groups (broad SMARTS) is 1. The Morgan fingerprint density at radius 2 is 2.00 bits per heavy atom. The van der Waals surface area contributed by atoms with Crippen LogP contribution in [-0.2, 0) is 6.54 Å². The van der Waals surface area contributed by atoms with E-state index in [9.17, 15) is 9.59 Å². The fourth-order valence-corrected chi connectivity index (χ4v) is 1.78. The molecule has 6 heteroatoms. The summed E-state index contributed by atoms with van der Waals surface area (Å²) in [5.74, 6) is -0.765. The Bertz CT molecular complexity index is 653. The van der Waals surface area contributed by atoms with E-state index in [4.69, 9.17) is 9.84 Å². The first-order valence-electron chi connectivity index (χ1n) is 6.21. The van der Waals surface area contributed by atoms with Crippen molar-refractivity contribution in [3.8, 4) is 5.75 Å². The number of hydrogen-bond acceptors (Lipinski definition) is 4. The van der Waals surface area contributed by atoms with Crippen LogP contribution in [-0.4, -0.2) is 29.1 Å². The van der Waals surface area contributed by atoms with Crippen molar-refractivity contribution in [1.29, 1.82) is 0 Å². The van der Waals surface area contributed by atoms with Crippen LogP contribution in [0.1, 0.15) is 26.4 Å². The molecule has 0 fully saturated rings. The van der Waals surface area contributed by atoms with Crippen molar-refractivity contribution < 1.29 is 19.4 Å². The summed E-state index contributed by atoms with van der Waals surface area (Å²) in [6.07, 6.45) is 1.24. The van der Waals surface area contributed by atoms with Gasteiger partial charge in [-0.15, -0.1) is 0 Å². The Morgan fingerprint density at radius 3 is 2.62 bits per heavy atom. The lowest BCUT2D eigenvalue weighted by molar-refractivity contribution is 0.0689. The highest BCUT2D eigenvalue weighted by Gasteiger charge is 2.10. The molecule has 21 heavy (non-hydrogen) atoms. The van der Waals surface area contributed by atoms with Gasteiger partial charge in [0.05, 0.1) is 12.7 Å². The highest BCUT2D eigenvalue weighted by atomic mass is 16.5. The minimum atomic E-state index is -1.13. The lowest BCUT2D eigenvalue weighted by Gasteiger charge is -2.09. The third kappa shape index (κ3) is 3.56. The van der Waals surface area contributed by atoms with Gasteiger partial charge in [0.15, 0.2) is 0 Å². The molecule has 0 spiro atoms. The van der Waals surface area contributed by atoms with E-state index in [-0.39, 0.29) is 11.6 Å². The predicted molar refractivity (Wildman–Crippen MR) is 75.4 cm³/mol. The van der Waals surface area contributed by atoms with E-state index >= 15 is 0 Å². The van der Waals surface area contributed by atoms with E-state index < -0.39 is 5.97 Å². The zero-order valence-corrected chi connectivity index (χ0v) is 11.4. The first-order valence-corrected chi connectivity index (χ1v) is 6.21. The van der Waals surface area contributed by atoms with Crippen molar-refractivity contribution >= 4 is 11.9 Å². The molecule has 2 N–H and O–H groups in total. The molecule has 0 aliphatic rings. The van der Waals surface area contributed by atoms with Crippen LogP contribution >= 0.6 is 0 Å². The summed E-state index contributed by atoms with van der Waals surface area (Å²) in [7, 11) is 1.56. The second kappa shape index (κ2) is 6.51. The van der Waals surface area contributed by atoms with Gasteiger partial charge in [0, 0.05) is 18.3 Å². The zero-order valence-electron chi connectivity index (χ0n) is 11.4. The van der Waals surface area contributed by atoms with Crippen molar-refractivity contribution in [2.75, 3.05) is 7.11 Å². The molecule has 0 aliphatic carbocycles. The summed E-state index contributed by atoms with van der Waals surface area (Å²) in [6, 6.07) is 10.1. The number of carboxylic acids is 1. The summed E-state index contributed by atoms with van der Waals surface area (Å²) in [6.45, 7) is 0.309. The molecule has 0 saturated carbocycles. The Balaban J connectivity index is 2.03. The number of rotatable bonds is 5. The van der Waals surface area contributed by atoms with Gasteiger partial charge in [-0.2, -0.15) is 0 Å². The maximum Gasteiger partial charge on any atom is 0.354 e. The van der Waals surface area contributed by atoms with Crippen LogP contribution in [0.2, 0.25) is 0 Å². The minimum Gasteiger partial charge on any atom is -0.496 e. The second-order valence-electron chi connectivity index (χ2n) is 4.23. The Kier molecular flexibility index (Phi) is 4.50. The molecule has 0 saturated heterocycles. The van der Waals surface area contributed by atoms with Gasteiger partial charge in [-0.3, -0.25) is 4.79 Å². The molecule has 1 heterocycles. The molecule has 1 amide bonds. The summed E-state index contributed by atoms with van der Waals surface area (Å²) in [5, 5.41) is 11.5. The van der Waals surface area contributed by atoms with E-state index in [2.05, 4.69) is 10.3 Å². The molecule has 2 aromatic rings. The minimum absolute atomic E-state index is 0.101. The fraction of sp³-hybridized carbons (Fsp3) is 0.133. The largest absolute Gasteiger partial charge is 0.496 e. The molecule has 0 bridgehead atoms. The number of carbonyl (C=O) groups excluding carboxylic acids is 1. The average molecular weight is 286 g/mol. The fourth-order valence-electron chi connectivity index (χ4n) is 1.78. The third-order valence-corrected chi connectivity index (χ3v) is 2.88. The van der Waals surface area contributed by atoms with Gasteiger partial charge in [0.2, 0.25) is 0 Å². The van der Waals surface area contributed by atoms with E-state index in [0.29, 0.717) is 17.9 Å². The number of ether oxygens (including phenoxy) is 1. The summed E-state index contributed by atoms with van der Waals surface area (Å²) in [4.78, 5) is 26.3. The zero-order chi connectivity index (χ0) is 15.2. The molecule has 0 unspecified atom stereocenters. The van der Waals surface area contributed by atoms with Crippen LogP contribution in [0.3, 0.4) is 0 Å². The van der Waals surface area contributed by atoms with Crippen LogP contribution < -0.4 is 10.1 Å². The molecule has 1 aromatic heterocycles. The number of pyridine rings is 1. The number of aromatic carboxylic acids is 1. The summed E-state index contributed by atoms with van der Waals surface area (Å²) in [5.41, 5.74) is 1.05. The number of nitrogens with zero attached hydrogens (tertiary/aromatic N) is 1. The van der Waals surface area contributed by atoms with Crippen molar-refractivity contribution in [2.24, 2.45) is 0 Å². The number of hydrogen-bond donors (Lipinski definition) is 2. The second-order valence-corrected chi connectivity index (χ2v) is 4.23. The van der Waals surface area contributed by atoms with Gasteiger partial charge in [0.1, 0.15) is 11.4 Å². The molecule has 2 rings (SSSR count). The molecule has 0 radical (unpaired) electrons. The summed E-state index contributed by atoms with van der Waals surface area (Å²) >= 11 is 0. The molecule has 0 atom stereocenters. The Hall–Kier alpha value is -2.89. The standard InChI is InChI=1S/C15H14N2O4/c1-21-13-5-3-2-4-10(13)8-17-14(18)11-6-7-12(15(19)20)16-9-11/h2-7,9H,8H2,1H3,(H,17,18)(H,19,20). The van der Waals surface area contributed by atoms with Gasteiger partial charge in [-0.05, 0) is 18.2 Å². The quantitative estimate of drug-likeness (QED) is 0.873. The molecule has 0 aliphatic heterocycles. The van der Waals surface area contributed by atoms with Gasteiger partial charge in [0.25, 0.3) is 5.91 Å². The number of nitrogens with one attached hydrogen (secondary N) is 1. The summed E-state index contributed by atoms with van der Waals surface area (Å²) < 4.78 is 5.20. The van der Waals surface area contributed by atoms with E-state index in [1.165, 1.54) is 18.3 Å². The first-order chi connectivity index (χ1) is 10.1. The monoisotopic (exact) mass is 286 g/mol. The SMILES string of the molecule is COc1ccccc1CNC(=O)c1ccc(C(=O)O)nc1.